The third-order valence-electron chi connectivity index (χ3n) is 1.99. The molecule has 2 N–H and O–H groups in total. The minimum absolute atomic E-state index is 0.712. The molecule has 2 nitrogen and oxygen atoms in total. The summed E-state index contributed by atoms with van der Waals surface area (Å²) in [4.78, 5) is 4.40. The summed E-state index contributed by atoms with van der Waals surface area (Å²) >= 11 is 1.74. The van der Waals surface area contributed by atoms with Crippen molar-refractivity contribution >= 4 is 21.6 Å². The first kappa shape index (κ1) is 8.66. The summed E-state index contributed by atoms with van der Waals surface area (Å²) in [5.74, 6) is 0. The Bertz CT molecular complexity index is 420. The van der Waals surface area contributed by atoms with Gasteiger partial charge in [0.25, 0.3) is 0 Å². The summed E-state index contributed by atoms with van der Waals surface area (Å²) in [5.41, 5.74) is 7.90. The second kappa shape index (κ2) is 3.44. The summed E-state index contributed by atoms with van der Waals surface area (Å²) < 4.78 is 1.27. The van der Waals surface area contributed by atoms with Gasteiger partial charge in [0.1, 0.15) is 0 Å². The fourth-order valence-corrected chi connectivity index (χ4v) is 2.30. The van der Waals surface area contributed by atoms with Crippen LogP contribution >= 0.6 is 11.3 Å². The Hall–Kier alpha value is -0.930. The van der Waals surface area contributed by atoms with Gasteiger partial charge in [0.05, 0.1) is 15.2 Å². The van der Waals surface area contributed by atoms with Crippen LogP contribution in [0.15, 0.2) is 18.2 Å². The van der Waals surface area contributed by atoms with Crippen LogP contribution in [-0.2, 0) is 6.42 Å². The van der Waals surface area contributed by atoms with Gasteiger partial charge in [0.2, 0.25) is 0 Å². The number of hydrogen-bond donors (Lipinski definition) is 1. The second-order valence-electron chi connectivity index (χ2n) is 3.07. The van der Waals surface area contributed by atoms with Crippen LogP contribution in [0.2, 0.25) is 0 Å². The highest BCUT2D eigenvalue weighted by atomic mass is 32.1. The molecular weight excluding hydrogens is 180 g/mol. The molecule has 0 aliphatic carbocycles. The minimum atomic E-state index is 0.712. The molecule has 0 aliphatic heterocycles. The maximum Gasteiger partial charge on any atom is 0.0907 e. The monoisotopic (exact) mass is 192 g/mol. The fraction of sp³-hybridized carbons (Fsp3) is 0.300. The van der Waals surface area contributed by atoms with E-state index in [0.29, 0.717) is 6.54 Å². The first-order valence-electron chi connectivity index (χ1n) is 4.36. The summed E-state index contributed by atoms with van der Waals surface area (Å²) in [5, 5.41) is 1.12. The van der Waals surface area contributed by atoms with Crippen molar-refractivity contribution in [2.75, 3.05) is 6.54 Å². The number of nitrogens with two attached hydrogens (primary N) is 1. The average molecular weight is 192 g/mol. The number of aromatic nitrogens is 1. The summed E-state index contributed by atoms with van der Waals surface area (Å²) in [6, 6.07) is 6.37. The standard InChI is InChI=1S/C10H12N2S/c1-7-12-9-3-2-8(4-5-11)6-10(9)13-7/h2-3,6H,4-5,11H2,1H3. The molecule has 0 unspecified atom stereocenters. The van der Waals surface area contributed by atoms with Gasteiger partial charge in [-0.25, -0.2) is 4.98 Å². The SMILES string of the molecule is Cc1nc2ccc(CCN)cc2s1. The van der Waals surface area contributed by atoms with E-state index in [1.165, 1.54) is 10.3 Å². The van der Waals surface area contributed by atoms with Gasteiger partial charge in [-0.1, -0.05) is 6.07 Å². The molecule has 0 saturated carbocycles. The predicted molar refractivity (Wildman–Crippen MR) is 57.1 cm³/mol. The van der Waals surface area contributed by atoms with Crippen LogP contribution in [0.3, 0.4) is 0 Å². The molecule has 0 bridgehead atoms. The highest BCUT2D eigenvalue weighted by molar-refractivity contribution is 7.18. The van der Waals surface area contributed by atoms with Gasteiger partial charge in [0, 0.05) is 0 Å². The van der Waals surface area contributed by atoms with E-state index in [4.69, 9.17) is 5.73 Å². The van der Waals surface area contributed by atoms with E-state index in [9.17, 15) is 0 Å². The molecule has 1 aromatic heterocycles. The second-order valence-corrected chi connectivity index (χ2v) is 4.31. The number of aryl methyl sites for hydroxylation is 1. The normalized spacial score (nSPS) is 10.9. The molecular formula is C10H12N2S. The van der Waals surface area contributed by atoms with Crippen molar-refractivity contribution in [1.82, 2.24) is 4.98 Å². The average Bonchev–Trinajstić information content (AvgIpc) is 2.44. The Morgan fingerprint density at radius 3 is 3.08 bits per heavy atom. The Kier molecular flexibility index (Phi) is 2.29. The van der Waals surface area contributed by atoms with Gasteiger partial charge in [0.15, 0.2) is 0 Å². The molecule has 68 valence electrons. The van der Waals surface area contributed by atoms with E-state index in [2.05, 4.69) is 23.2 Å². The van der Waals surface area contributed by atoms with E-state index in [-0.39, 0.29) is 0 Å². The highest BCUT2D eigenvalue weighted by Crippen LogP contribution is 2.22. The van der Waals surface area contributed by atoms with Gasteiger partial charge in [-0.3, -0.25) is 0 Å². The number of rotatable bonds is 2. The zero-order valence-corrected chi connectivity index (χ0v) is 8.40. The fourth-order valence-electron chi connectivity index (χ4n) is 1.41. The summed E-state index contributed by atoms with van der Waals surface area (Å²) in [7, 11) is 0. The molecule has 2 aromatic rings. The van der Waals surface area contributed by atoms with Crippen molar-refractivity contribution in [3.05, 3.63) is 28.8 Å². The lowest BCUT2D eigenvalue weighted by molar-refractivity contribution is 0.971. The van der Waals surface area contributed by atoms with Crippen LogP contribution in [0.4, 0.5) is 0 Å². The topological polar surface area (TPSA) is 38.9 Å². The molecule has 1 heterocycles. The zero-order valence-electron chi connectivity index (χ0n) is 7.58. The molecule has 13 heavy (non-hydrogen) atoms. The van der Waals surface area contributed by atoms with Crippen molar-refractivity contribution < 1.29 is 0 Å². The number of benzene rings is 1. The number of thiazole rings is 1. The van der Waals surface area contributed by atoms with Crippen LogP contribution in [-0.4, -0.2) is 11.5 Å². The van der Waals surface area contributed by atoms with Crippen LogP contribution in [0.1, 0.15) is 10.6 Å². The molecule has 0 amide bonds. The van der Waals surface area contributed by atoms with Crippen LogP contribution in [0, 0.1) is 6.92 Å². The minimum Gasteiger partial charge on any atom is -0.330 e. The van der Waals surface area contributed by atoms with Gasteiger partial charge in [-0.05, 0) is 37.6 Å². The summed E-state index contributed by atoms with van der Waals surface area (Å²) in [6.07, 6.45) is 0.951. The number of hydrogen-bond acceptors (Lipinski definition) is 3. The maximum atomic E-state index is 5.50. The smallest absolute Gasteiger partial charge is 0.0907 e. The molecule has 3 heteroatoms. The maximum absolute atomic E-state index is 5.50. The molecule has 2 rings (SSSR count). The van der Waals surface area contributed by atoms with Gasteiger partial charge < -0.3 is 5.73 Å². The van der Waals surface area contributed by atoms with Crippen molar-refractivity contribution in [2.24, 2.45) is 5.73 Å². The van der Waals surface area contributed by atoms with Crippen molar-refractivity contribution in [3.8, 4) is 0 Å². The molecule has 0 saturated heterocycles. The van der Waals surface area contributed by atoms with Crippen LogP contribution < -0.4 is 5.73 Å². The third-order valence-corrected chi connectivity index (χ3v) is 2.93. The Balaban J connectivity index is 2.48. The van der Waals surface area contributed by atoms with E-state index >= 15 is 0 Å². The molecule has 0 atom stereocenters. The molecule has 1 aromatic carbocycles. The number of nitrogens with zero attached hydrogens (tertiary/aromatic N) is 1. The van der Waals surface area contributed by atoms with Crippen molar-refractivity contribution in [3.63, 3.8) is 0 Å². The van der Waals surface area contributed by atoms with Crippen molar-refractivity contribution in [1.29, 1.82) is 0 Å². The van der Waals surface area contributed by atoms with Crippen LogP contribution in [0.5, 0.6) is 0 Å². The van der Waals surface area contributed by atoms with E-state index in [0.717, 1.165) is 16.9 Å². The molecule has 0 spiro atoms. The Morgan fingerprint density at radius 2 is 2.31 bits per heavy atom. The van der Waals surface area contributed by atoms with Crippen LogP contribution in [0.25, 0.3) is 10.2 Å². The Morgan fingerprint density at radius 1 is 1.46 bits per heavy atom. The molecule has 0 aliphatic rings. The predicted octanol–water partition coefficient (Wildman–Crippen LogP) is 2.11. The lowest BCUT2D eigenvalue weighted by Crippen LogP contribution is -2.02. The van der Waals surface area contributed by atoms with Crippen molar-refractivity contribution in [2.45, 2.75) is 13.3 Å². The third kappa shape index (κ3) is 1.71. The Labute approximate surface area is 81.4 Å². The zero-order chi connectivity index (χ0) is 9.26. The quantitative estimate of drug-likeness (QED) is 0.791. The van der Waals surface area contributed by atoms with E-state index < -0.39 is 0 Å². The largest absolute Gasteiger partial charge is 0.330 e. The van der Waals surface area contributed by atoms with E-state index in [1.54, 1.807) is 11.3 Å². The van der Waals surface area contributed by atoms with Gasteiger partial charge >= 0.3 is 0 Å². The summed E-state index contributed by atoms with van der Waals surface area (Å²) in [6.45, 7) is 2.75. The van der Waals surface area contributed by atoms with Gasteiger partial charge in [-0.15, -0.1) is 11.3 Å². The highest BCUT2D eigenvalue weighted by Gasteiger charge is 2.00. The first-order valence-corrected chi connectivity index (χ1v) is 5.17. The first-order chi connectivity index (χ1) is 6.29. The van der Waals surface area contributed by atoms with Gasteiger partial charge in [-0.2, -0.15) is 0 Å². The number of fused-ring (bicyclic) bond motifs is 1. The molecule has 0 fully saturated rings. The van der Waals surface area contributed by atoms with E-state index in [1.807, 2.05) is 6.92 Å². The lowest BCUT2D eigenvalue weighted by atomic mass is 10.1. The lowest BCUT2D eigenvalue weighted by Gasteiger charge is -1.96. The molecule has 0 radical (unpaired) electrons.